The maximum atomic E-state index is 12.5. The number of carboxylic acids is 1. The van der Waals surface area contributed by atoms with E-state index in [9.17, 15) is 22.8 Å². The minimum atomic E-state index is -4.79. The molecular weight excluding hydrogens is 347 g/mol. The number of nitrogens with two attached hydrogens (primary N) is 1. The van der Waals surface area contributed by atoms with Crippen molar-refractivity contribution in [3.05, 3.63) is 70.8 Å². The summed E-state index contributed by atoms with van der Waals surface area (Å²) in [6.07, 6.45) is -2.89. The zero-order valence-corrected chi connectivity index (χ0v) is 14.2. The number of amides is 1. The Kier molecular flexibility index (Phi) is 7.83. The number of carboxylic acid groups (broad SMARTS) is 1. The first-order chi connectivity index (χ1) is 12.2. The number of hydrogen-bond acceptors (Lipinski definition) is 2. The first-order valence-corrected chi connectivity index (χ1v) is 7.91. The van der Waals surface area contributed by atoms with Crippen LogP contribution in [0.3, 0.4) is 0 Å². The summed E-state index contributed by atoms with van der Waals surface area (Å²) in [5.74, 6) is -2.64. The Labute approximate surface area is 149 Å². The standard InChI is InChI=1S/C10H8F3NO3.C9H12/c11-10(12,13)6-3-1-2-5(4-7(14)15)8(6)9(16)17;1-2-6-9-7-4-3-5-8-9/h1-3H,4H2,(H2,14,15)(H,16,17);3-5,7-8H,2,6H2,1H3. The van der Waals surface area contributed by atoms with E-state index in [-0.39, 0.29) is 5.56 Å². The molecule has 2 aromatic rings. The fraction of sp³-hybridized carbons (Fsp3) is 0.263. The van der Waals surface area contributed by atoms with Crippen molar-refractivity contribution in [3.63, 3.8) is 0 Å². The normalized spacial score (nSPS) is 10.6. The highest BCUT2D eigenvalue weighted by molar-refractivity contribution is 5.93. The van der Waals surface area contributed by atoms with Gasteiger partial charge in [0.2, 0.25) is 5.91 Å². The van der Waals surface area contributed by atoms with Crippen LogP contribution in [0.15, 0.2) is 48.5 Å². The minimum Gasteiger partial charge on any atom is -0.478 e. The highest BCUT2D eigenvalue weighted by Crippen LogP contribution is 2.33. The highest BCUT2D eigenvalue weighted by atomic mass is 19.4. The van der Waals surface area contributed by atoms with Crippen LogP contribution in [0.2, 0.25) is 0 Å². The van der Waals surface area contributed by atoms with Crippen LogP contribution in [0.25, 0.3) is 0 Å². The molecule has 4 nitrogen and oxygen atoms in total. The van der Waals surface area contributed by atoms with Gasteiger partial charge in [-0.25, -0.2) is 4.79 Å². The summed E-state index contributed by atoms with van der Waals surface area (Å²) in [7, 11) is 0. The lowest BCUT2D eigenvalue weighted by molar-refractivity contribution is -0.138. The Balaban J connectivity index is 0.000000314. The zero-order chi connectivity index (χ0) is 19.7. The van der Waals surface area contributed by atoms with Gasteiger partial charge in [-0.15, -0.1) is 0 Å². The van der Waals surface area contributed by atoms with Crippen molar-refractivity contribution >= 4 is 11.9 Å². The lowest BCUT2D eigenvalue weighted by Crippen LogP contribution is -2.20. The van der Waals surface area contributed by atoms with Gasteiger partial charge >= 0.3 is 12.1 Å². The molecule has 2 rings (SSSR count). The molecule has 0 radical (unpaired) electrons. The van der Waals surface area contributed by atoms with Crippen molar-refractivity contribution in [1.29, 1.82) is 0 Å². The van der Waals surface area contributed by atoms with Gasteiger partial charge < -0.3 is 10.8 Å². The van der Waals surface area contributed by atoms with Crippen LogP contribution in [0.1, 0.15) is 40.4 Å². The lowest BCUT2D eigenvalue weighted by atomic mass is 9.98. The van der Waals surface area contributed by atoms with Gasteiger partial charge in [0.25, 0.3) is 0 Å². The summed E-state index contributed by atoms with van der Waals surface area (Å²) >= 11 is 0. The Morgan fingerprint density at radius 1 is 1.04 bits per heavy atom. The summed E-state index contributed by atoms with van der Waals surface area (Å²) in [4.78, 5) is 21.5. The number of alkyl halides is 3. The molecule has 0 heterocycles. The SMILES string of the molecule is CCCc1ccccc1.NC(=O)Cc1cccc(C(F)(F)F)c1C(=O)O. The van der Waals surface area contributed by atoms with Crippen LogP contribution < -0.4 is 5.73 Å². The molecule has 0 spiro atoms. The molecule has 0 fully saturated rings. The molecule has 0 bridgehead atoms. The van der Waals surface area contributed by atoms with Crippen molar-refractivity contribution in [2.45, 2.75) is 32.4 Å². The van der Waals surface area contributed by atoms with Crippen molar-refractivity contribution in [1.82, 2.24) is 0 Å². The molecule has 0 saturated carbocycles. The van der Waals surface area contributed by atoms with Gasteiger partial charge in [-0.3, -0.25) is 4.79 Å². The number of halogens is 3. The highest BCUT2D eigenvalue weighted by Gasteiger charge is 2.36. The molecule has 0 aliphatic rings. The summed E-state index contributed by atoms with van der Waals surface area (Å²) in [5, 5.41) is 8.77. The van der Waals surface area contributed by atoms with Crippen LogP contribution in [0.4, 0.5) is 13.2 Å². The molecule has 3 N–H and O–H groups in total. The van der Waals surface area contributed by atoms with Crippen molar-refractivity contribution in [2.24, 2.45) is 5.73 Å². The first-order valence-electron chi connectivity index (χ1n) is 7.91. The number of hydrogen-bond donors (Lipinski definition) is 2. The Morgan fingerprint density at radius 2 is 1.65 bits per heavy atom. The smallest absolute Gasteiger partial charge is 0.417 e. The molecule has 0 aromatic heterocycles. The molecule has 7 heteroatoms. The van der Waals surface area contributed by atoms with Crippen molar-refractivity contribution in [3.8, 4) is 0 Å². The van der Waals surface area contributed by atoms with Gasteiger partial charge in [0.05, 0.1) is 17.5 Å². The second kappa shape index (κ2) is 9.60. The predicted octanol–water partition coefficient (Wildman–Crippen LogP) is 4.07. The number of aromatic carboxylic acids is 1. The topological polar surface area (TPSA) is 80.4 Å². The number of carbonyl (C=O) groups is 2. The number of rotatable bonds is 5. The number of aryl methyl sites for hydroxylation is 1. The third kappa shape index (κ3) is 6.58. The number of carbonyl (C=O) groups excluding carboxylic acids is 1. The van der Waals surface area contributed by atoms with E-state index in [1.54, 1.807) is 0 Å². The van der Waals surface area contributed by atoms with E-state index in [0.29, 0.717) is 6.07 Å². The Bertz CT molecular complexity index is 743. The average molecular weight is 367 g/mol. The molecule has 0 unspecified atom stereocenters. The van der Waals surface area contributed by atoms with Gasteiger partial charge in [-0.2, -0.15) is 13.2 Å². The van der Waals surface area contributed by atoms with E-state index in [4.69, 9.17) is 10.8 Å². The third-order valence-electron chi connectivity index (χ3n) is 3.42. The van der Waals surface area contributed by atoms with Crippen LogP contribution in [0, 0.1) is 0 Å². The maximum absolute atomic E-state index is 12.5. The fourth-order valence-electron chi connectivity index (χ4n) is 2.36. The second-order valence-electron chi connectivity index (χ2n) is 5.52. The minimum absolute atomic E-state index is 0.250. The third-order valence-corrected chi connectivity index (χ3v) is 3.42. The van der Waals surface area contributed by atoms with Gasteiger partial charge in [0.1, 0.15) is 0 Å². The van der Waals surface area contributed by atoms with Crippen molar-refractivity contribution in [2.75, 3.05) is 0 Å². The van der Waals surface area contributed by atoms with Gasteiger partial charge in [-0.1, -0.05) is 55.8 Å². The lowest BCUT2D eigenvalue weighted by Gasteiger charge is -2.13. The largest absolute Gasteiger partial charge is 0.478 e. The maximum Gasteiger partial charge on any atom is 0.417 e. The first kappa shape index (κ1) is 21.2. The van der Waals surface area contributed by atoms with Crippen LogP contribution in [0.5, 0.6) is 0 Å². The van der Waals surface area contributed by atoms with Gasteiger partial charge in [0.15, 0.2) is 0 Å². The van der Waals surface area contributed by atoms with E-state index in [2.05, 4.69) is 37.3 Å². The molecule has 140 valence electrons. The average Bonchev–Trinajstić information content (AvgIpc) is 2.55. The van der Waals surface area contributed by atoms with Gasteiger partial charge in [-0.05, 0) is 23.6 Å². The van der Waals surface area contributed by atoms with Crippen LogP contribution in [-0.4, -0.2) is 17.0 Å². The molecule has 1 amide bonds. The van der Waals surface area contributed by atoms with E-state index >= 15 is 0 Å². The van der Waals surface area contributed by atoms with Crippen LogP contribution in [-0.2, 0) is 23.8 Å². The molecule has 2 aromatic carbocycles. The Hall–Kier alpha value is -2.83. The summed E-state index contributed by atoms with van der Waals surface area (Å²) in [6, 6.07) is 13.4. The monoisotopic (exact) mass is 367 g/mol. The summed E-state index contributed by atoms with van der Waals surface area (Å²) in [5.41, 5.74) is 3.81. The molecule has 26 heavy (non-hydrogen) atoms. The van der Waals surface area contributed by atoms with Crippen molar-refractivity contribution < 1.29 is 27.9 Å². The molecule has 0 atom stereocenters. The van der Waals surface area contributed by atoms with E-state index in [1.165, 1.54) is 18.4 Å². The quantitative estimate of drug-likeness (QED) is 0.836. The number of primary amides is 1. The second-order valence-corrected chi connectivity index (χ2v) is 5.52. The van der Waals surface area contributed by atoms with E-state index < -0.39 is 35.6 Å². The van der Waals surface area contributed by atoms with Crippen LogP contribution >= 0.6 is 0 Å². The fourth-order valence-corrected chi connectivity index (χ4v) is 2.36. The zero-order valence-electron chi connectivity index (χ0n) is 14.2. The Morgan fingerprint density at radius 3 is 2.12 bits per heavy atom. The molecular formula is C19H20F3NO3. The predicted molar refractivity (Wildman–Crippen MR) is 91.7 cm³/mol. The molecule has 0 aliphatic carbocycles. The summed E-state index contributed by atoms with van der Waals surface area (Å²) < 4.78 is 37.6. The van der Waals surface area contributed by atoms with Gasteiger partial charge in [0, 0.05) is 0 Å². The molecule has 0 saturated heterocycles. The molecule has 0 aliphatic heterocycles. The van der Waals surface area contributed by atoms with E-state index in [0.717, 1.165) is 12.1 Å². The van der Waals surface area contributed by atoms with E-state index in [1.807, 2.05) is 0 Å². The number of benzene rings is 2. The summed E-state index contributed by atoms with van der Waals surface area (Å²) in [6.45, 7) is 2.20.